The Bertz CT molecular complexity index is 767. The van der Waals surface area contributed by atoms with Crippen LogP contribution in [-0.4, -0.2) is 52.8 Å². The molecule has 0 spiro atoms. The van der Waals surface area contributed by atoms with Crippen LogP contribution in [0.1, 0.15) is 6.92 Å². The highest BCUT2D eigenvalue weighted by molar-refractivity contribution is 7.99. The number of aromatic nitrogens is 3. The molecule has 0 radical (unpaired) electrons. The van der Waals surface area contributed by atoms with Crippen LogP contribution in [-0.2, 0) is 4.79 Å². The number of H-pyrrole nitrogens is 1. The fraction of sp³-hybridized carbons (Fsp3) is 0.333. The second-order valence-electron chi connectivity index (χ2n) is 5.38. The molecule has 0 fully saturated rings. The van der Waals surface area contributed by atoms with E-state index in [-0.39, 0.29) is 11.9 Å². The number of hydrogen-bond donors (Lipinski definition) is 3. The fourth-order valence-corrected chi connectivity index (χ4v) is 3.00. The lowest BCUT2D eigenvalue weighted by Gasteiger charge is -2.30. The van der Waals surface area contributed by atoms with E-state index in [4.69, 9.17) is 4.74 Å². The molecule has 1 aromatic carbocycles. The van der Waals surface area contributed by atoms with Crippen LogP contribution < -0.4 is 20.3 Å². The minimum absolute atomic E-state index is 0.101. The van der Waals surface area contributed by atoms with Crippen LogP contribution in [0.4, 0.5) is 16.2 Å². The summed E-state index contributed by atoms with van der Waals surface area (Å²) in [7, 11) is 1.70. The number of nitrogens with zero attached hydrogens (tertiary/aromatic N) is 3. The Morgan fingerprint density at radius 3 is 3.08 bits per heavy atom. The van der Waals surface area contributed by atoms with E-state index in [1.165, 1.54) is 11.8 Å². The summed E-state index contributed by atoms with van der Waals surface area (Å²) >= 11 is 1.49. The Hall–Kier alpha value is -2.75. The zero-order valence-electron chi connectivity index (χ0n) is 13.8. The highest BCUT2D eigenvalue weighted by atomic mass is 32.2. The summed E-state index contributed by atoms with van der Waals surface area (Å²) in [6.45, 7) is 2.18. The van der Waals surface area contributed by atoms with Crippen molar-refractivity contribution in [2.45, 2.75) is 18.1 Å². The first-order valence-electron chi connectivity index (χ1n) is 7.66. The molecule has 3 N–H and O–H groups in total. The zero-order valence-corrected chi connectivity index (χ0v) is 14.6. The molecule has 9 nitrogen and oxygen atoms in total. The minimum Gasteiger partial charge on any atom is -0.479 e. The number of fused-ring (bicyclic) bond motifs is 1. The molecule has 2 aromatic rings. The van der Waals surface area contributed by atoms with Crippen LogP contribution in [0.2, 0.25) is 0 Å². The van der Waals surface area contributed by atoms with Gasteiger partial charge in [0.05, 0.1) is 11.9 Å². The van der Waals surface area contributed by atoms with Crippen molar-refractivity contribution in [1.29, 1.82) is 0 Å². The van der Waals surface area contributed by atoms with Crippen molar-refractivity contribution in [2.75, 3.05) is 29.6 Å². The first-order valence-corrected chi connectivity index (χ1v) is 8.65. The van der Waals surface area contributed by atoms with Crippen LogP contribution in [0.25, 0.3) is 0 Å². The van der Waals surface area contributed by atoms with Gasteiger partial charge in [0.25, 0.3) is 5.91 Å². The second-order valence-corrected chi connectivity index (χ2v) is 6.49. The van der Waals surface area contributed by atoms with Crippen molar-refractivity contribution in [2.24, 2.45) is 0 Å². The Morgan fingerprint density at radius 1 is 1.48 bits per heavy atom. The molecule has 0 aliphatic carbocycles. The number of urea groups is 1. The summed E-state index contributed by atoms with van der Waals surface area (Å²) in [4.78, 5) is 25.4. The van der Waals surface area contributed by atoms with Gasteiger partial charge in [0.1, 0.15) is 10.8 Å². The first kappa shape index (κ1) is 17.1. The van der Waals surface area contributed by atoms with Crippen LogP contribution in [0.15, 0.2) is 29.4 Å². The molecule has 2 heterocycles. The lowest BCUT2D eigenvalue weighted by molar-refractivity contribution is -0.125. The molecule has 1 aromatic heterocycles. The number of anilines is 2. The molecule has 0 unspecified atom stereocenters. The molecule has 0 bridgehead atoms. The molecule has 3 amide bonds. The standard InChI is InChI=1S/C15H18N6O3S/c1-9-14(22)21(2)11-4-3-10(7-12(11)24-9)18-15(23)16-5-6-25-13-8-17-20-19-13/h3-4,7-9H,5-6H2,1-2H3,(H2,16,18,23)(H,17,19,20)/t9-/m0/s1. The number of ether oxygens (including phenoxy) is 1. The van der Waals surface area contributed by atoms with Gasteiger partial charge in [0.2, 0.25) is 0 Å². The van der Waals surface area contributed by atoms with Crippen LogP contribution in [0.3, 0.4) is 0 Å². The first-order chi connectivity index (χ1) is 12.0. The van der Waals surface area contributed by atoms with E-state index in [1.807, 2.05) is 0 Å². The van der Waals surface area contributed by atoms with Gasteiger partial charge < -0.3 is 20.3 Å². The van der Waals surface area contributed by atoms with E-state index >= 15 is 0 Å². The van der Waals surface area contributed by atoms with E-state index in [1.54, 1.807) is 43.3 Å². The summed E-state index contributed by atoms with van der Waals surface area (Å²) in [5.74, 6) is 1.14. The Labute approximate surface area is 148 Å². The van der Waals surface area contributed by atoms with Gasteiger partial charge in [-0.25, -0.2) is 4.79 Å². The molecule has 10 heteroatoms. The third-order valence-corrected chi connectivity index (χ3v) is 4.49. The summed E-state index contributed by atoms with van der Waals surface area (Å²) in [6.07, 6.45) is 1.08. The quantitative estimate of drug-likeness (QED) is 0.548. The minimum atomic E-state index is -0.546. The van der Waals surface area contributed by atoms with Crippen molar-refractivity contribution in [1.82, 2.24) is 20.7 Å². The van der Waals surface area contributed by atoms with Gasteiger partial charge in [-0.3, -0.25) is 4.79 Å². The maximum Gasteiger partial charge on any atom is 0.319 e. The van der Waals surface area contributed by atoms with Gasteiger partial charge in [-0.15, -0.1) is 16.9 Å². The molecule has 25 heavy (non-hydrogen) atoms. The van der Waals surface area contributed by atoms with Crippen LogP contribution in [0.5, 0.6) is 5.75 Å². The van der Waals surface area contributed by atoms with Gasteiger partial charge in [-0.05, 0) is 19.1 Å². The van der Waals surface area contributed by atoms with E-state index in [0.717, 1.165) is 5.03 Å². The molecule has 0 saturated carbocycles. The molecular formula is C15H18N6O3S. The average Bonchev–Trinajstić information content (AvgIpc) is 3.10. The third kappa shape index (κ3) is 4.02. The van der Waals surface area contributed by atoms with Crippen molar-refractivity contribution in [3.8, 4) is 5.75 Å². The Morgan fingerprint density at radius 2 is 2.32 bits per heavy atom. The van der Waals surface area contributed by atoms with Crippen molar-refractivity contribution in [3.63, 3.8) is 0 Å². The monoisotopic (exact) mass is 362 g/mol. The molecule has 1 aliphatic rings. The van der Waals surface area contributed by atoms with Crippen LogP contribution in [0, 0.1) is 0 Å². The number of likely N-dealkylation sites (N-methyl/N-ethyl adjacent to an activating group) is 1. The van der Waals surface area contributed by atoms with E-state index in [0.29, 0.717) is 29.4 Å². The number of carbonyl (C=O) groups excluding carboxylic acids is 2. The van der Waals surface area contributed by atoms with Gasteiger partial charge in [0.15, 0.2) is 6.10 Å². The van der Waals surface area contributed by atoms with Crippen molar-refractivity contribution >= 4 is 35.1 Å². The Kier molecular flexibility index (Phi) is 5.08. The molecule has 3 rings (SSSR count). The number of amides is 3. The topological polar surface area (TPSA) is 112 Å². The predicted molar refractivity (Wildman–Crippen MR) is 94.1 cm³/mol. The number of hydrogen-bond acceptors (Lipinski definition) is 6. The van der Waals surface area contributed by atoms with Gasteiger partial charge >= 0.3 is 6.03 Å². The van der Waals surface area contributed by atoms with E-state index in [9.17, 15) is 9.59 Å². The molecule has 0 saturated heterocycles. The van der Waals surface area contributed by atoms with Crippen molar-refractivity contribution < 1.29 is 14.3 Å². The van der Waals surface area contributed by atoms with Gasteiger partial charge in [-0.2, -0.15) is 10.3 Å². The number of nitrogens with one attached hydrogen (secondary N) is 3. The normalized spacial score (nSPS) is 16.2. The summed E-state index contributed by atoms with van der Waals surface area (Å²) < 4.78 is 5.59. The highest BCUT2D eigenvalue weighted by Gasteiger charge is 2.28. The molecule has 1 atom stereocenters. The highest BCUT2D eigenvalue weighted by Crippen LogP contribution is 2.35. The molecule has 132 valence electrons. The summed E-state index contributed by atoms with van der Waals surface area (Å²) in [6, 6.07) is 4.87. The van der Waals surface area contributed by atoms with Gasteiger partial charge in [0, 0.05) is 31.1 Å². The maximum atomic E-state index is 12.0. The summed E-state index contributed by atoms with van der Waals surface area (Å²) in [5, 5.41) is 16.4. The predicted octanol–water partition coefficient (Wildman–Crippen LogP) is 1.46. The van der Waals surface area contributed by atoms with Crippen LogP contribution >= 0.6 is 11.8 Å². The maximum absolute atomic E-state index is 12.0. The fourth-order valence-electron chi connectivity index (χ4n) is 2.35. The van der Waals surface area contributed by atoms with E-state index < -0.39 is 6.10 Å². The number of thioether (sulfide) groups is 1. The van der Waals surface area contributed by atoms with E-state index in [2.05, 4.69) is 26.0 Å². The third-order valence-electron chi connectivity index (χ3n) is 3.59. The lowest BCUT2D eigenvalue weighted by Crippen LogP contribution is -2.42. The smallest absolute Gasteiger partial charge is 0.319 e. The van der Waals surface area contributed by atoms with Gasteiger partial charge in [-0.1, -0.05) is 0 Å². The lowest BCUT2D eigenvalue weighted by atomic mass is 10.2. The second kappa shape index (κ2) is 7.43. The Balaban J connectivity index is 1.52. The van der Waals surface area contributed by atoms with Crippen molar-refractivity contribution in [3.05, 3.63) is 24.4 Å². The number of rotatable bonds is 5. The SMILES string of the molecule is C[C@@H]1Oc2cc(NC(=O)NCCSc3cn[nH]n3)ccc2N(C)C1=O. The molecule has 1 aliphatic heterocycles. The number of benzene rings is 1. The summed E-state index contributed by atoms with van der Waals surface area (Å²) in [5.41, 5.74) is 1.27. The largest absolute Gasteiger partial charge is 0.479 e. The number of aromatic amines is 1. The average molecular weight is 362 g/mol. The number of carbonyl (C=O) groups is 2. The molecular weight excluding hydrogens is 344 g/mol. The zero-order chi connectivity index (χ0) is 17.8.